The quantitative estimate of drug-likeness (QED) is 0.453. The zero-order valence-corrected chi connectivity index (χ0v) is 14.6. The molecule has 2 saturated carbocycles. The van der Waals surface area contributed by atoms with Crippen LogP contribution in [0.25, 0.3) is 0 Å². The van der Waals surface area contributed by atoms with Crippen molar-refractivity contribution in [2.45, 2.75) is 40.0 Å². The lowest BCUT2D eigenvalue weighted by molar-refractivity contribution is -0.384. The first-order chi connectivity index (χ1) is 11.2. The molecule has 3 rings (SSSR count). The number of halogens is 1. The second-order valence-corrected chi connectivity index (χ2v) is 7.74. The molecule has 0 spiro atoms. The molecule has 0 aliphatic heterocycles. The Hall–Kier alpha value is -1.95. The SMILES string of the molecule is CC12CCC(CC1=NOC(=O)c1ccc(Cl)c([N+](=O)[O-])c1)C2(C)C. The van der Waals surface area contributed by atoms with Crippen molar-refractivity contribution >= 4 is 29.0 Å². The normalized spacial score (nSPS) is 29.0. The molecule has 0 amide bonds. The predicted octanol–water partition coefficient (Wildman–Crippen LogP) is 4.61. The number of nitro groups is 1. The van der Waals surface area contributed by atoms with E-state index in [0.29, 0.717) is 5.92 Å². The molecule has 24 heavy (non-hydrogen) atoms. The third kappa shape index (κ3) is 2.40. The van der Waals surface area contributed by atoms with Crippen molar-refractivity contribution in [3.8, 4) is 0 Å². The van der Waals surface area contributed by atoms with Gasteiger partial charge in [0.2, 0.25) is 0 Å². The number of rotatable bonds is 3. The Kier molecular flexibility index (Phi) is 3.91. The van der Waals surface area contributed by atoms with Crippen molar-refractivity contribution < 1.29 is 14.6 Å². The van der Waals surface area contributed by atoms with Crippen LogP contribution in [-0.2, 0) is 4.84 Å². The second-order valence-electron chi connectivity index (χ2n) is 7.33. The summed E-state index contributed by atoms with van der Waals surface area (Å²) in [5.41, 5.74) is 0.705. The number of carbonyl (C=O) groups excluding carboxylic acids is 1. The fourth-order valence-corrected chi connectivity index (χ4v) is 4.18. The molecule has 2 fully saturated rings. The zero-order chi connectivity index (χ0) is 17.7. The molecule has 0 radical (unpaired) electrons. The maximum absolute atomic E-state index is 12.2. The van der Waals surface area contributed by atoms with E-state index in [9.17, 15) is 14.9 Å². The first-order valence-corrected chi connectivity index (χ1v) is 8.27. The smallest absolute Gasteiger partial charge is 0.313 e. The van der Waals surface area contributed by atoms with Crippen LogP contribution >= 0.6 is 11.6 Å². The van der Waals surface area contributed by atoms with Gasteiger partial charge < -0.3 is 4.84 Å². The molecule has 7 heteroatoms. The second kappa shape index (κ2) is 5.55. The monoisotopic (exact) mass is 350 g/mol. The van der Waals surface area contributed by atoms with Gasteiger partial charge in [-0.25, -0.2) is 4.79 Å². The summed E-state index contributed by atoms with van der Waals surface area (Å²) < 4.78 is 0. The van der Waals surface area contributed by atoms with Gasteiger partial charge in [-0.1, -0.05) is 37.5 Å². The number of hydrogen-bond acceptors (Lipinski definition) is 5. The number of carbonyl (C=O) groups is 1. The predicted molar refractivity (Wildman–Crippen MR) is 90.2 cm³/mol. The highest BCUT2D eigenvalue weighted by molar-refractivity contribution is 6.32. The number of fused-ring (bicyclic) bond motifs is 2. The molecule has 128 valence electrons. The average molecular weight is 351 g/mol. The van der Waals surface area contributed by atoms with Crippen LogP contribution in [0.4, 0.5) is 5.69 Å². The Bertz CT molecular complexity index is 759. The van der Waals surface area contributed by atoms with Crippen LogP contribution in [0.3, 0.4) is 0 Å². The van der Waals surface area contributed by atoms with Gasteiger partial charge in [0.25, 0.3) is 5.69 Å². The zero-order valence-electron chi connectivity index (χ0n) is 13.8. The number of benzene rings is 1. The molecule has 2 bridgehead atoms. The van der Waals surface area contributed by atoms with Crippen LogP contribution in [0.5, 0.6) is 0 Å². The topological polar surface area (TPSA) is 81.8 Å². The van der Waals surface area contributed by atoms with E-state index >= 15 is 0 Å². The summed E-state index contributed by atoms with van der Waals surface area (Å²) in [4.78, 5) is 27.5. The number of nitro benzene ring substituents is 1. The van der Waals surface area contributed by atoms with Crippen LogP contribution in [-0.4, -0.2) is 16.6 Å². The largest absolute Gasteiger partial charge is 0.365 e. The highest BCUT2D eigenvalue weighted by atomic mass is 35.5. The minimum atomic E-state index is -0.716. The molecular weight excluding hydrogens is 332 g/mol. The van der Waals surface area contributed by atoms with E-state index in [4.69, 9.17) is 16.4 Å². The molecule has 0 saturated heterocycles. The third-order valence-corrected chi connectivity index (χ3v) is 6.45. The molecule has 1 aromatic carbocycles. The van der Waals surface area contributed by atoms with E-state index in [1.54, 1.807) is 0 Å². The van der Waals surface area contributed by atoms with E-state index in [0.717, 1.165) is 24.6 Å². The Morgan fingerprint density at radius 1 is 1.42 bits per heavy atom. The van der Waals surface area contributed by atoms with Crippen molar-refractivity contribution in [1.82, 2.24) is 0 Å². The maximum atomic E-state index is 12.2. The lowest BCUT2D eigenvalue weighted by Crippen LogP contribution is -2.32. The van der Waals surface area contributed by atoms with Gasteiger partial charge >= 0.3 is 5.97 Å². The van der Waals surface area contributed by atoms with Crippen LogP contribution < -0.4 is 0 Å². The number of oxime groups is 1. The Labute approximate surface area is 145 Å². The van der Waals surface area contributed by atoms with Crippen molar-refractivity contribution in [2.75, 3.05) is 0 Å². The van der Waals surface area contributed by atoms with E-state index < -0.39 is 10.9 Å². The average Bonchev–Trinajstić information content (AvgIpc) is 2.85. The van der Waals surface area contributed by atoms with Crippen molar-refractivity contribution in [3.63, 3.8) is 0 Å². The fourth-order valence-electron chi connectivity index (χ4n) is 4.00. The summed E-state index contributed by atoms with van der Waals surface area (Å²) in [6.45, 7) is 6.63. The van der Waals surface area contributed by atoms with E-state index in [2.05, 4.69) is 25.9 Å². The minimum Gasteiger partial charge on any atom is -0.313 e. The molecule has 0 N–H and O–H groups in total. The summed E-state index contributed by atoms with van der Waals surface area (Å²) in [6, 6.07) is 3.81. The van der Waals surface area contributed by atoms with Gasteiger partial charge in [-0.05, 0) is 42.7 Å². The minimum absolute atomic E-state index is 0.0229. The highest BCUT2D eigenvalue weighted by Crippen LogP contribution is 2.64. The number of hydrogen-bond donors (Lipinski definition) is 0. The van der Waals surface area contributed by atoms with E-state index in [1.807, 2.05) is 0 Å². The Morgan fingerprint density at radius 2 is 2.12 bits per heavy atom. The third-order valence-electron chi connectivity index (χ3n) is 6.13. The first kappa shape index (κ1) is 16.9. The molecule has 2 aliphatic rings. The molecule has 2 atom stereocenters. The maximum Gasteiger partial charge on any atom is 0.365 e. The van der Waals surface area contributed by atoms with Crippen LogP contribution in [0, 0.1) is 26.9 Å². The van der Waals surface area contributed by atoms with Crippen molar-refractivity contribution in [3.05, 3.63) is 38.9 Å². The summed E-state index contributed by atoms with van der Waals surface area (Å²) >= 11 is 5.75. The lowest BCUT2D eigenvalue weighted by Gasteiger charge is -2.34. The fraction of sp³-hybridized carbons (Fsp3) is 0.529. The molecule has 2 unspecified atom stereocenters. The first-order valence-electron chi connectivity index (χ1n) is 7.89. The van der Waals surface area contributed by atoms with Gasteiger partial charge in [0.1, 0.15) is 5.02 Å². The summed E-state index contributed by atoms with van der Waals surface area (Å²) in [5, 5.41) is 15.0. The van der Waals surface area contributed by atoms with Crippen LogP contribution in [0.15, 0.2) is 23.4 Å². The van der Waals surface area contributed by atoms with E-state index in [1.165, 1.54) is 18.6 Å². The highest BCUT2D eigenvalue weighted by Gasteiger charge is 2.60. The molecule has 2 aliphatic carbocycles. The lowest BCUT2D eigenvalue weighted by atomic mass is 9.70. The van der Waals surface area contributed by atoms with Crippen molar-refractivity contribution in [2.24, 2.45) is 21.9 Å². The summed E-state index contributed by atoms with van der Waals surface area (Å²) in [7, 11) is 0. The van der Waals surface area contributed by atoms with Crippen LogP contribution in [0.2, 0.25) is 5.02 Å². The van der Waals surface area contributed by atoms with Crippen molar-refractivity contribution in [1.29, 1.82) is 0 Å². The van der Waals surface area contributed by atoms with Crippen LogP contribution in [0.1, 0.15) is 50.4 Å². The molecule has 1 aromatic rings. The van der Waals surface area contributed by atoms with Gasteiger partial charge in [0.15, 0.2) is 0 Å². The standard InChI is InChI=1S/C17H19ClN2O4/c1-16(2)11-6-7-17(16,3)14(9-11)19-24-15(21)10-4-5-12(18)13(8-10)20(22)23/h4-5,8,11H,6-7,9H2,1-3H3. The molecule has 0 heterocycles. The van der Waals surface area contributed by atoms with Gasteiger partial charge in [-0.15, -0.1) is 0 Å². The molecule has 0 aromatic heterocycles. The Morgan fingerprint density at radius 3 is 2.67 bits per heavy atom. The van der Waals surface area contributed by atoms with Gasteiger partial charge in [-0.3, -0.25) is 10.1 Å². The Balaban J connectivity index is 1.80. The van der Waals surface area contributed by atoms with E-state index in [-0.39, 0.29) is 27.1 Å². The van der Waals surface area contributed by atoms with Gasteiger partial charge in [-0.2, -0.15) is 0 Å². The molecular formula is C17H19ClN2O4. The van der Waals surface area contributed by atoms with Gasteiger partial charge in [0, 0.05) is 11.5 Å². The number of nitrogens with zero attached hydrogens (tertiary/aromatic N) is 2. The summed E-state index contributed by atoms with van der Waals surface area (Å²) in [5.74, 6) is -0.164. The molecule has 6 nitrogen and oxygen atoms in total. The summed E-state index contributed by atoms with van der Waals surface area (Å²) in [6.07, 6.45) is 3.03. The van der Waals surface area contributed by atoms with Gasteiger partial charge in [0.05, 0.1) is 16.2 Å².